The van der Waals surface area contributed by atoms with Crippen LogP contribution in [0.2, 0.25) is 0 Å². The van der Waals surface area contributed by atoms with E-state index >= 15 is 0 Å². The molecule has 0 bridgehead atoms. The van der Waals surface area contributed by atoms with Gasteiger partial charge in [-0.3, -0.25) is 19.2 Å². The molecule has 1 atom stereocenters. The summed E-state index contributed by atoms with van der Waals surface area (Å²) in [5, 5.41) is 19.4. The fourth-order valence-corrected chi connectivity index (χ4v) is 4.33. The van der Waals surface area contributed by atoms with Crippen LogP contribution < -0.4 is 22.5 Å². The van der Waals surface area contributed by atoms with E-state index in [9.17, 15) is 19.2 Å². The number of hydrogen-bond donors (Lipinski definition) is 6. The molecule has 0 aromatic heterocycles. The number of amides is 1. The summed E-state index contributed by atoms with van der Waals surface area (Å²) in [5.74, 6) is -1.10. The Morgan fingerprint density at radius 1 is 0.975 bits per heavy atom. The fraction of sp³-hybridized carbons (Fsp3) is 0.667. The highest BCUT2D eigenvalue weighted by atomic mass is 16.4. The summed E-state index contributed by atoms with van der Waals surface area (Å²) in [4.78, 5) is 41.8. The number of rotatable bonds is 10. The molecule has 1 aromatic rings. The minimum atomic E-state index is -0.955. The standard InChI is InChI=1S/C11H13NO2.C8H14O2.C6H13N.C5H12N2O2/c1-2-3-11(14)12-10-6-4-9(8-13)5-7-10;9-8(10)6-7-4-2-1-3-5-7;7-6-4-2-1-3-5-6;6-3-1-2-4(7)5(8)9/h4-8H,2-3H2,1H3,(H,12,14);7H,1-6H2,(H,9,10);6H,1-5,7H2;4H,1-3,6-7H2,(H,8,9). The van der Waals surface area contributed by atoms with Crippen molar-refractivity contribution < 1.29 is 29.4 Å². The van der Waals surface area contributed by atoms with Crippen molar-refractivity contribution in [3.63, 3.8) is 0 Å². The molecule has 2 fully saturated rings. The molecule has 228 valence electrons. The predicted octanol–water partition coefficient (Wildman–Crippen LogP) is 4.69. The van der Waals surface area contributed by atoms with E-state index in [1.54, 1.807) is 24.3 Å². The molecule has 1 aromatic carbocycles. The Kier molecular flexibility index (Phi) is 22.3. The van der Waals surface area contributed by atoms with Crippen LogP contribution in [-0.4, -0.2) is 53.0 Å². The molecular formula is C30H52N4O6. The van der Waals surface area contributed by atoms with Gasteiger partial charge in [0.25, 0.3) is 0 Å². The molecule has 2 saturated carbocycles. The monoisotopic (exact) mass is 564 g/mol. The van der Waals surface area contributed by atoms with Gasteiger partial charge in [0.05, 0.1) is 0 Å². The zero-order valence-electron chi connectivity index (χ0n) is 24.2. The fourth-order valence-electron chi connectivity index (χ4n) is 4.33. The lowest BCUT2D eigenvalue weighted by atomic mass is 9.87. The van der Waals surface area contributed by atoms with Crippen LogP contribution in [-0.2, 0) is 14.4 Å². The maximum Gasteiger partial charge on any atom is 0.320 e. The number of hydrogen-bond acceptors (Lipinski definition) is 7. The van der Waals surface area contributed by atoms with E-state index < -0.39 is 18.0 Å². The van der Waals surface area contributed by atoms with Crippen molar-refractivity contribution in [3.8, 4) is 0 Å². The lowest BCUT2D eigenvalue weighted by molar-refractivity contribution is -0.139. The van der Waals surface area contributed by atoms with Crippen molar-refractivity contribution in [2.45, 2.75) is 115 Å². The van der Waals surface area contributed by atoms with Gasteiger partial charge < -0.3 is 32.7 Å². The Labute approximate surface area is 239 Å². The molecular weight excluding hydrogens is 512 g/mol. The molecule has 40 heavy (non-hydrogen) atoms. The normalized spacial score (nSPS) is 15.9. The summed E-state index contributed by atoms with van der Waals surface area (Å²) >= 11 is 0. The van der Waals surface area contributed by atoms with Gasteiger partial charge in [-0.25, -0.2) is 0 Å². The van der Waals surface area contributed by atoms with Crippen LogP contribution in [0.25, 0.3) is 0 Å². The van der Waals surface area contributed by atoms with Crippen LogP contribution in [0, 0.1) is 5.92 Å². The SMILES string of the molecule is CCCC(=O)Nc1ccc(C=O)cc1.NC1CCCCC1.NCCCC(N)C(=O)O.O=C(O)CC1CCCCC1. The van der Waals surface area contributed by atoms with E-state index in [0.29, 0.717) is 49.8 Å². The van der Waals surface area contributed by atoms with Crippen molar-refractivity contribution in [3.05, 3.63) is 29.8 Å². The Morgan fingerprint density at radius 3 is 1.93 bits per heavy atom. The topological polar surface area (TPSA) is 199 Å². The average molecular weight is 565 g/mol. The number of carboxylic acids is 2. The number of nitrogens with one attached hydrogen (secondary N) is 1. The Balaban J connectivity index is 0.000000523. The largest absolute Gasteiger partial charge is 0.481 e. The van der Waals surface area contributed by atoms with Crippen molar-refractivity contribution in [1.29, 1.82) is 0 Å². The number of carbonyl (C=O) groups excluding carboxylic acids is 2. The average Bonchev–Trinajstić information content (AvgIpc) is 2.94. The van der Waals surface area contributed by atoms with Crippen LogP contribution in [0.15, 0.2) is 24.3 Å². The number of aldehydes is 1. The first kappa shape index (κ1) is 37.2. The Hall–Kier alpha value is -2.82. The number of nitrogens with two attached hydrogens (primary N) is 3. The molecule has 0 aliphatic heterocycles. The van der Waals surface area contributed by atoms with Crippen molar-refractivity contribution in [2.24, 2.45) is 23.1 Å². The number of benzene rings is 1. The van der Waals surface area contributed by atoms with Gasteiger partial charge in [-0.15, -0.1) is 0 Å². The third-order valence-electron chi connectivity index (χ3n) is 6.68. The van der Waals surface area contributed by atoms with E-state index in [-0.39, 0.29) is 5.91 Å². The minimum Gasteiger partial charge on any atom is -0.481 e. The van der Waals surface area contributed by atoms with Crippen molar-refractivity contribution in [1.82, 2.24) is 0 Å². The van der Waals surface area contributed by atoms with Crippen molar-refractivity contribution >= 4 is 29.8 Å². The van der Waals surface area contributed by atoms with Gasteiger partial charge in [-0.1, -0.05) is 45.4 Å². The molecule has 2 aliphatic carbocycles. The molecule has 10 nitrogen and oxygen atoms in total. The van der Waals surface area contributed by atoms with E-state index in [1.807, 2.05) is 6.92 Å². The molecule has 0 spiro atoms. The van der Waals surface area contributed by atoms with Gasteiger partial charge in [0.15, 0.2) is 0 Å². The lowest BCUT2D eigenvalue weighted by Crippen LogP contribution is -2.30. The summed E-state index contributed by atoms with van der Waals surface area (Å²) in [6, 6.07) is 6.58. The summed E-state index contributed by atoms with van der Waals surface area (Å²) < 4.78 is 0. The zero-order valence-corrected chi connectivity index (χ0v) is 24.2. The van der Waals surface area contributed by atoms with Crippen molar-refractivity contribution in [2.75, 3.05) is 11.9 Å². The lowest BCUT2D eigenvalue weighted by Gasteiger charge is -2.18. The van der Waals surface area contributed by atoms with Gasteiger partial charge in [0.1, 0.15) is 12.3 Å². The van der Waals surface area contributed by atoms with Crippen LogP contribution in [0.5, 0.6) is 0 Å². The Bertz CT molecular complexity index is 822. The zero-order chi connectivity index (χ0) is 30.2. The van der Waals surface area contributed by atoms with Crippen LogP contribution in [0.3, 0.4) is 0 Å². The number of anilines is 1. The van der Waals surface area contributed by atoms with E-state index in [2.05, 4.69) is 5.32 Å². The van der Waals surface area contributed by atoms with Gasteiger partial charge >= 0.3 is 11.9 Å². The summed E-state index contributed by atoms with van der Waals surface area (Å²) in [6.07, 6.45) is 16.4. The highest BCUT2D eigenvalue weighted by Gasteiger charge is 2.15. The Morgan fingerprint density at radius 2 is 1.52 bits per heavy atom. The van der Waals surface area contributed by atoms with Gasteiger partial charge in [-0.2, -0.15) is 0 Å². The van der Waals surface area contributed by atoms with E-state index in [1.165, 1.54) is 51.4 Å². The molecule has 1 unspecified atom stereocenters. The number of carboxylic acid groups (broad SMARTS) is 2. The summed E-state index contributed by atoms with van der Waals surface area (Å²) in [7, 11) is 0. The summed E-state index contributed by atoms with van der Waals surface area (Å²) in [5.41, 5.74) is 17.3. The highest BCUT2D eigenvalue weighted by molar-refractivity contribution is 5.91. The molecule has 3 rings (SSSR count). The number of carbonyl (C=O) groups is 4. The molecule has 9 N–H and O–H groups in total. The van der Waals surface area contributed by atoms with Crippen LogP contribution in [0.1, 0.15) is 114 Å². The predicted molar refractivity (Wildman–Crippen MR) is 159 cm³/mol. The second-order valence-electron chi connectivity index (χ2n) is 10.4. The third kappa shape index (κ3) is 21.1. The quantitative estimate of drug-likeness (QED) is 0.218. The molecule has 2 aliphatic rings. The first-order valence-corrected chi connectivity index (χ1v) is 14.6. The maximum atomic E-state index is 11.2. The smallest absolute Gasteiger partial charge is 0.320 e. The highest BCUT2D eigenvalue weighted by Crippen LogP contribution is 2.25. The summed E-state index contributed by atoms with van der Waals surface area (Å²) in [6.45, 7) is 2.45. The van der Waals surface area contributed by atoms with Gasteiger partial charge in [0, 0.05) is 30.1 Å². The minimum absolute atomic E-state index is 0.00588. The van der Waals surface area contributed by atoms with Gasteiger partial charge in [0.2, 0.25) is 5.91 Å². The maximum absolute atomic E-state index is 11.2. The molecule has 0 heterocycles. The van der Waals surface area contributed by atoms with Gasteiger partial charge in [-0.05, 0) is 81.7 Å². The number of aliphatic carboxylic acids is 2. The first-order valence-electron chi connectivity index (χ1n) is 14.6. The second-order valence-corrected chi connectivity index (χ2v) is 10.4. The van der Waals surface area contributed by atoms with E-state index in [0.717, 1.165) is 31.2 Å². The van der Waals surface area contributed by atoms with E-state index in [4.69, 9.17) is 27.4 Å². The third-order valence-corrected chi connectivity index (χ3v) is 6.68. The molecule has 0 saturated heterocycles. The van der Waals surface area contributed by atoms with Crippen LogP contribution in [0.4, 0.5) is 5.69 Å². The molecule has 0 radical (unpaired) electrons. The molecule has 10 heteroatoms. The second kappa shape index (κ2) is 24.0. The first-order chi connectivity index (χ1) is 19.1. The molecule has 1 amide bonds. The van der Waals surface area contributed by atoms with Crippen LogP contribution >= 0.6 is 0 Å².